The average Bonchev–Trinajstić information content (AvgIpc) is 1.61. The fourth-order valence-corrected chi connectivity index (χ4v) is 0.246. The molecule has 6 heteroatoms. The second-order valence-electron chi connectivity index (χ2n) is 1.43. The van der Waals surface area contributed by atoms with Crippen molar-refractivity contribution in [2.24, 2.45) is 11.5 Å². The second kappa shape index (κ2) is 8.52. The van der Waals surface area contributed by atoms with Crippen molar-refractivity contribution in [1.82, 2.24) is 0 Å². The van der Waals surface area contributed by atoms with Crippen LogP contribution < -0.4 is 11.5 Å². The van der Waals surface area contributed by atoms with Gasteiger partial charge < -0.3 is 11.5 Å². The van der Waals surface area contributed by atoms with Crippen molar-refractivity contribution in [3.8, 4) is 0 Å². The Morgan fingerprint density at radius 3 is 1.20 bits per heavy atom. The Kier molecular flexibility index (Phi) is 13.9. The molecule has 0 saturated heterocycles. The van der Waals surface area contributed by atoms with Crippen molar-refractivity contribution in [3.63, 3.8) is 0 Å². The first-order chi connectivity index (χ1) is 3.63. The van der Waals surface area contributed by atoms with Crippen LogP contribution in [0.25, 0.3) is 0 Å². The van der Waals surface area contributed by atoms with Crippen molar-refractivity contribution < 1.29 is 9.59 Å². The number of carbonyl (C=O) groups is 2. The van der Waals surface area contributed by atoms with Gasteiger partial charge in [0.1, 0.15) is 0 Å². The van der Waals surface area contributed by atoms with Gasteiger partial charge in [-0.25, -0.2) is 0 Å². The van der Waals surface area contributed by atoms with E-state index < -0.39 is 11.8 Å². The van der Waals surface area contributed by atoms with Gasteiger partial charge in [0.25, 0.3) is 0 Å². The summed E-state index contributed by atoms with van der Waals surface area (Å²) < 4.78 is 0. The van der Waals surface area contributed by atoms with Gasteiger partial charge >= 0.3 is 0 Å². The Bertz CT molecular complexity index is 104. The Labute approximate surface area is 71.1 Å². The molecule has 0 aliphatic carbocycles. The van der Waals surface area contributed by atoms with Gasteiger partial charge in [-0.3, -0.25) is 9.59 Å². The molecule has 0 radical (unpaired) electrons. The molecule has 10 heavy (non-hydrogen) atoms. The molecule has 0 rings (SSSR count). The number of carbonyl (C=O) groups excluding carboxylic acids is 2. The molecule has 0 fully saturated rings. The van der Waals surface area contributed by atoms with E-state index in [9.17, 15) is 9.59 Å². The van der Waals surface area contributed by atoms with Gasteiger partial charge in [-0.15, -0.1) is 24.8 Å². The maximum Gasteiger partial charge on any atom is 0.217 e. The zero-order valence-electron chi connectivity index (χ0n) is 5.20. The van der Waals surface area contributed by atoms with Crippen LogP contribution >= 0.6 is 24.8 Å². The molecule has 0 bridgehead atoms. The molecule has 0 heterocycles. The van der Waals surface area contributed by atoms with Gasteiger partial charge in [0.2, 0.25) is 11.8 Å². The van der Waals surface area contributed by atoms with Crippen molar-refractivity contribution in [3.05, 3.63) is 0 Å². The molecule has 0 atom stereocenters. The van der Waals surface area contributed by atoms with Crippen molar-refractivity contribution in [2.75, 3.05) is 0 Å². The summed E-state index contributed by atoms with van der Waals surface area (Å²) in [6, 6.07) is 0. The van der Waals surface area contributed by atoms with E-state index in [1.807, 2.05) is 0 Å². The number of nitrogens with two attached hydrogens (primary N) is 2. The van der Waals surface area contributed by atoms with Crippen LogP contribution in [0.15, 0.2) is 0 Å². The third-order valence-electron chi connectivity index (χ3n) is 0.618. The lowest BCUT2D eigenvalue weighted by Gasteiger charge is -1.87. The molecule has 4 nitrogen and oxygen atoms in total. The minimum Gasteiger partial charge on any atom is -0.370 e. The van der Waals surface area contributed by atoms with E-state index in [1.54, 1.807) is 0 Å². The van der Waals surface area contributed by atoms with Crippen molar-refractivity contribution in [2.45, 2.75) is 12.8 Å². The highest BCUT2D eigenvalue weighted by Crippen LogP contribution is 1.82. The van der Waals surface area contributed by atoms with Gasteiger partial charge in [-0.2, -0.15) is 0 Å². The highest BCUT2D eigenvalue weighted by molar-refractivity contribution is 5.85. The molecule has 0 aromatic carbocycles. The largest absolute Gasteiger partial charge is 0.370 e. The summed E-state index contributed by atoms with van der Waals surface area (Å²) in [5.74, 6) is -0.993. The van der Waals surface area contributed by atoms with Crippen molar-refractivity contribution >= 4 is 36.6 Å². The summed E-state index contributed by atoms with van der Waals surface area (Å²) in [6.07, 6.45) is 0.102. The predicted octanol–water partition coefficient (Wildman–Crippen LogP) is -0.419. The van der Waals surface area contributed by atoms with E-state index in [-0.39, 0.29) is 37.7 Å². The molecular formula is C4H10Cl2N2O2. The van der Waals surface area contributed by atoms with E-state index in [4.69, 9.17) is 11.5 Å². The van der Waals surface area contributed by atoms with Crippen LogP contribution in [0.1, 0.15) is 12.8 Å². The SMILES string of the molecule is Cl.Cl.NC(=O)CCC(N)=O. The Morgan fingerprint density at radius 2 is 1.10 bits per heavy atom. The highest BCUT2D eigenvalue weighted by atomic mass is 35.5. The number of halogens is 2. The van der Waals surface area contributed by atoms with E-state index in [1.165, 1.54) is 0 Å². The summed E-state index contributed by atoms with van der Waals surface area (Å²) in [5.41, 5.74) is 9.39. The van der Waals surface area contributed by atoms with Crippen LogP contribution in [0.3, 0.4) is 0 Å². The standard InChI is InChI=1S/C4H8N2O2.2ClH/c5-3(7)1-2-4(6)8;;/h1-2H2,(H2,5,7)(H2,6,8);2*1H. The summed E-state index contributed by atoms with van der Waals surface area (Å²) in [7, 11) is 0. The topological polar surface area (TPSA) is 86.2 Å². The summed E-state index contributed by atoms with van der Waals surface area (Å²) in [4.78, 5) is 19.8. The van der Waals surface area contributed by atoms with Crippen LogP contribution in [0, 0.1) is 0 Å². The third kappa shape index (κ3) is 15.6. The number of rotatable bonds is 3. The maximum atomic E-state index is 9.92. The van der Waals surface area contributed by atoms with E-state index in [2.05, 4.69) is 0 Å². The lowest BCUT2D eigenvalue weighted by Crippen LogP contribution is -2.16. The first-order valence-electron chi connectivity index (χ1n) is 2.19. The fourth-order valence-electron chi connectivity index (χ4n) is 0.246. The van der Waals surface area contributed by atoms with Gasteiger partial charge in [-0.05, 0) is 0 Å². The van der Waals surface area contributed by atoms with Crippen LogP contribution in [0.5, 0.6) is 0 Å². The monoisotopic (exact) mass is 188 g/mol. The van der Waals surface area contributed by atoms with E-state index >= 15 is 0 Å². The molecule has 2 amide bonds. The van der Waals surface area contributed by atoms with E-state index in [0.717, 1.165) is 0 Å². The van der Waals surface area contributed by atoms with Gasteiger partial charge in [0, 0.05) is 12.8 Å². The first kappa shape index (κ1) is 16.3. The maximum absolute atomic E-state index is 9.92. The molecule has 0 aromatic heterocycles. The molecule has 0 spiro atoms. The summed E-state index contributed by atoms with van der Waals surface area (Å²) in [6.45, 7) is 0. The first-order valence-corrected chi connectivity index (χ1v) is 2.19. The summed E-state index contributed by atoms with van der Waals surface area (Å²) >= 11 is 0. The molecule has 62 valence electrons. The number of hydrogen-bond donors (Lipinski definition) is 2. The number of primary amides is 2. The zero-order valence-corrected chi connectivity index (χ0v) is 6.83. The number of amides is 2. The molecule has 0 saturated carbocycles. The van der Waals surface area contributed by atoms with Crippen LogP contribution in [-0.2, 0) is 9.59 Å². The zero-order chi connectivity index (χ0) is 6.57. The van der Waals surface area contributed by atoms with E-state index in [0.29, 0.717) is 0 Å². The van der Waals surface area contributed by atoms with Gasteiger partial charge in [-0.1, -0.05) is 0 Å². The normalized spacial score (nSPS) is 6.80. The smallest absolute Gasteiger partial charge is 0.217 e. The average molecular weight is 189 g/mol. The minimum atomic E-state index is -0.496. The molecule has 0 aliphatic rings. The third-order valence-corrected chi connectivity index (χ3v) is 0.618. The van der Waals surface area contributed by atoms with Crippen LogP contribution in [0.2, 0.25) is 0 Å². The van der Waals surface area contributed by atoms with Gasteiger partial charge in [0.15, 0.2) is 0 Å². The predicted molar refractivity (Wildman–Crippen MR) is 42.1 cm³/mol. The Morgan fingerprint density at radius 1 is 0.900 bits per heavy atom. The minimum absolute atomic E-state index is 0. The van der Waals surface area contributed by atoms with Crippen LogP contribution in [-0.4, -0.2) is 11.8 Å². The number of hydrogen-bond acceptors (Lipinski definition) is 2. The van der Waals surface area contributed by atoms with Gasteiger partial charge in [0.05, 0.1) is 0 Å². The molecular weight excluding hydrogens is 179 g/mol. The second-order valence-corrected chi connectivity index (χ2v) is 1.43. The molecule has 0 aliphatic heterocycles. The molecule has 4 N–H and O–H groups in total. The Hall–Kier alpha value is -0.480. The lowest BCUT2D eigenvalue weighted by atomic mass is 10.3. The van der Waals surface area contributed by atoms with Crippen LogP contribution in [0.4, 0.5) is 0 Å². The molecule has 0 aromatic rings. The Balaban J connectivity index is -0.000000245. The quantitative estimate of drug-likeness (QED) is 0.631. The summed E-state index contributed by atoms with van der Waals surface area (Å²) in [5, 5.41) is 0. The van der Waals surface area contributed by atoms with Crippen molar-refractivity contribution in [1.29, 1.82) is 0 Å². The molecule has 0 unspecified atom stereocenters. The highest BCUT2D eigenvalue weighted by Gasteiger charge is 1.96. The fraction of sp³-hybridized carbons (Fsp3) is 0.500. The lowest BCUT2D eigenvalue weighted by molar-refractivity contribution is -0.123.